The molecule has 1 saturated heterocycles. The molecule has 0 aliphatic carbocycles. The SMILES string of the molecule is C1CCNCC1.COc1ccc(C=CC(=O)Nc2ccccc2C(=O)O)cc1O. The van der Waals surface area contributed by atoms with Gasteiger partial charge in [0.1, 0.15) is 0 Å². The van der Waals surface area contributed by atoms with Gasteiger partial charge in [0.2, 0.25) is 5.91 Å². The number of ether oxygens (including phenoxy) is 1. The summed E-state index contributed by atoms with van der Waals surface area (Å²) in [5.41, 5.74) is 0.827. The number of hydrogen-bond acceptors (Lipinski definition) is 5. The van der Waals surface area contributed by atoms with Crippen molar-refractivity contribution in [2.24, 2.45) is 0 Å². The molecule has 0 spiro atoms. The maximum atomic E-state index is 11.9. The fraction of sp³-hybridized carbons (Fsp3) is 0.273. The lowest BCUT2D eigenvalue weighted by Gasteiger charge is -2.08. The zero-order valence-electron chi connectivity index (χ0n) is 16.4. The lowest BCUT2D eigenvalue weighted by Crippen LogP contribution is -2.21. The molecule has 0 radical (unpaired) electrons. The number of nitrogens with one attached hydrogen (secondary N) is 2. The van der Waals surface area contributed by atoms with Gasteiger partial charge in [0.25, 0.3) is 0 Å². The summed E-state index contributed by atoms with van der Waals surface area (Å²) in [5, 5.41) is 24.5. The van der Waals surface area contributed by atoms with Gasteiger partial charge < -0.3 is 25.6 Å². The van der Waals surface area contributed by atoms with Gasteiger partial charge in [-0.3, -0.25) is 4.79 Å². The Labute approximate surface area is 170 Å². The Kier molecular flexibility index (Phi) is 8.72. The molecule has 1 heterocycles. The number of piperidine rings is 1. The van der Waals surface area contributed by atoms with Gasteiger partial charge in [0.05, 0.1) is 18.4 Å². The molecule has 3 rings (SSSR count). The Balaban J connectivity index is 0.000000426. The average molecular weight is 398 g/mol. The number of benzene rings is 2. The number of carbonyl (C=O) groups is 2. The topological polar surface area (TPSA) is 108 Å². The van der Waals surface area contributed by atoms with E-state index in [4.69, 9.17) is 9.84 Å². The monoisotopic (exact) mass is 398 g/mol. The number of carbonyl (C=O) groups excluding carboxylic acids is 1. The van der Waals surface area contributed by atoms with Gasteiger partial charge >= 0.3 is 5.97 Å². The number of phenolic OH excluding ortho intramolecular Hbond substituents is 1. The maximum absolute atomic E-state index is 11.9. The third-order valence-electron chi connectivity index (χ3n) is 4.25. The van der Waals surface area contributed by atoms with Gasteiger partial charge in [-0.1, -0.05) is 24.6 Å². The number of carboxylic acid groups (broad SMARTS) is 1. The third-order valence-corrected chi connectivity index (χ3v) is 4.25. The lowest BCUT2D eigenvalue weighted by molar-refractivity contribution is -0.111. The van der Waals surface area contributed by atoms with E-state index < -0.39 is 11.9 Å². The number of carboxylic acids is 1. The molecule has 0 atom stereocenters. The highest BCUT2D eigenvalue weighted by Crippen LogP contribution is 2.26. The van der Waals surface area contributed by atoms with E-state index in [-0.39, 0.29) is 17.0 Å². The molecule has 0 saturated carbocycles. The number of methoxy groups -OCH3 is 1. The van der Waals surface area contributed by atoms with Crippen LogP contribution in [0.3, 0.4) is 0 Å². The summed E-state index contributed by atoms with van der Waals surface area (Å²) in [5.74, 6) is -1.30. The molecule has 7 heteroatoms. The second kappa shape index (κ2) is 11.5. The zero-order chi connectivity index (χ0) is 21.1. The van der Waals surface area contributed by atoms with Crippen LogP contribution in [0, 0.1) is 0 Å². The Bertz CT molecular complexity index is 849. The minimum Gasteiger partial charge on any atom is -0.504 e. The van der Waals surface area contributed by atoms with Gasteiger partial charge in [0, 0.05) is 6.08 Å². The molecule has 154 valence electrons. The summed E-state index contributed by atoms with van der Waals surface area (Å²) in [6.07, 6.45) is 6.96. The Morgan fingerprint density at radius 3 is 2.38 bits per heavy atom. The minimum absolute atomic E-state index is 0.0105. The molecule has 7 nitrogen and oxygen atoms in total. The predicted molar refractivity (Wildman–Crippen MR) is 112 cm³/mol. The first kappa shape index (κ1) is 22.0. The first-order valence-electron chi connectivity index (χ1n) is 9.40. The quantitative estimate of drug-likeness (QED) is 0.574. The number of aromatic hydroxyl groups is 1. The van der Waals surface area contributed by atoms with E-state index in [0.717, 1.165) is 0 Å². The third kappa shape index (κ3) is 7.31. The molecule has 1 aliphatic rings. The second-order valence-corrected chi connectivity index (χ2v) is 6.42. The molecule has 4 N–H and O–H groups in total. The van der Waals surface area contributed by atoms with Crippen molar-refractivity contribution in [3.05, 3.63) is 59.7 Å². The van der Waals surface area contributed by atoms with E-state index in [1.54, 1.807) is 24.3 Å². The number of hydrogen-bond donors (Lipinski definition) is 4. The van der Waals surface area contributed by atoms with Crippen LogP contribution in [-0.4, -0.2) is 42.3 Å². The fourth-order valence-electron chi connectivity index (χ4n) is 2.74. The molecular formula is C22H26N2O5. The molecule has 2 aromatic carbocycles. The van der Waals surface area contributed by atoms with Gasteiger partial charge in [-0.15, -0.1) is 0 Å². The van der Waals surface area contributed by atoms with Crippen molar-refractivity contribution in [3.63, 3.8) is 0 Å². The first-order chi connectivity index (χ1) is 14.0. The normalized spacial score (nSPS) is 13.3. The highest BCUT2D eigenvalue weighted by Gasteiger charge is 2.10. The van der Waals surface area contributed by atoms with E-state index in [9.17, 15) is 14.7 Å². The molecule has 0 bridgehead atoms. The number of para-hydroxylation sites is 1. The van der Waals surface area contributed by atoms with Gasteiger partial charge in [-0.2, -0.15) is 0 Å². The number of phenols is 1. The van der Waals surface area contributed by atoms with E-state index >= 15 is 0 Å². The van der Waals surface area contributed by atoms with E-state index in [1.165, 1.54) is 69.8 Å². The van der Waals surface area contributed by atoms with Crippen LogP contribution in [0.2, 0.25) is 0 Å². The Morgan fingerprint density at radius 1 is 1.10 bits per heavy atom. The Hall–Kier alpha value is -3.32. The molecule has 1 amide bonds. The predicted octanol–water partition coefficient (Wildman–Crippen LogP) is 3.51. The fourth-order valence-corrected chi connectivity index (χ4v) is 2.74. The largest absolute Gasteiger partial charge is 0.504 e. The molecule has 0 unspecified atom stereocenters. The lowest BCUT2D eigenvalue weighted by atomic mass is 10.1. The summed E-state index contributed by atoms with van der Waals surface area (Å²) in [4.78, 5) is 23.0. The molecular weight excluding hydrogens is 372 g/mol. The van der Waals surface area contributed by atoms with Gasteiger partial charge in [-0.05, 0) is 61.8 Å². The summed E-state index contributed by atoms with van der Waals surface area (Å²) in [7, 11) is 1.44. The molecule has 29 heavy (non-hydrogen) atoms. The summed E-state index contributed by atoms with van der Waals surface area (Å²) < 4.78 is 4.93. The first-order valence-corrected chi connectivity index (χ1v) is 9.40. The van der Waals surface area contributed by atoms with Crippen molar-refractivity contribution in [1.29, 1.82) is 0 Å². The maximum Gasteiger partial charge on any atom is 0.337 e. The number of aromatic carboxylic acids is 1. The van der Waals surface area contributed by atoms with E-state index in [0.29, 0.717) is 11.3 Å². The van der Waals surface area contributed by atoms with Crippen LogP contribution in [0.4, 0.5) is 5.69 Å². The van der Waals surface area contributed by atoms with Crippen molar-refractivity contribution in [2.45, 2.75) is 19.3 Å². The number of amides is 1. The number of anilines is 1. The van der Waals surface area contributed by atoms with Crippen LogP contribution in [-0.2, 0) is 4.79 Å². The highest BCUT2D eigenvalue weighted by molar-refractivity contribution is 6.06. The van der Waals surface area contributed by atoms with Crippen LogP contribution in [0.5, 0.6) is 11.5 Å². The Morgan fingerprint density at radius 2 is 1.83 bits per heavy atom. The summed E-state index contributed by atoms with van der Waals surface area (Å²) in [6.45, 7) is 2.50. The van der Waals surface area contributed by atoms with Crippen LogP contribution in [0.1, 0.15) is 35.2 Å². The molecule has 1 fully saturated rings. The van der Waals surface area contributed by atoms with Crippen LogP contribution in [0.15, 0.2) is 48.5 Å². The van der Waals surface area contributed by atoms with Crippen molar-refractivity contribution >= 4 is 23.6 Å². The number of rotatable bonds is 5. The summed E-state index contributed by atoms with van der Waals surface area (Å²) >= 11 is 0. The van der Waals surface area contributed by atoms with Crippen molar-refractivity contribution in [2.75, 3.05) is 25.5 Å². The molecule has 0 aromatic heterocycles. The molecule has 2 aromatic rings. The van der Waals surface area contributed by atoms with E-state index in [1.807, 2.05) is 0 Å². The highest BCUT2D eigenvalue weighted by atomic mass is 16.5. The summed E-state index contributed by atoms with van der Waals surface area (Å²) in [6, 6.07) is 10.8. The van der Waals surface area contributed by atoms with Crippen molar-refractivity contribution in [1.82, 2.24) is 5.32 Å². The van der Waals surface area contributed by atoms with Crippen LogP contribution in [0.25, 0.3) is 6.08 Å². The van der Waals surface area contributed by atoms with Gasteiger partial charge in [-0.25, -0.2) is 4.79 Å². The average Bonchev–Trinajstić information content (AvgIpc) is 2.74. The van der Waals surface area contributed by atoms with Crippen LogP contribution >= 0.6 is 0 Å². The van der Waals surface area contributed by atoms with Crippen LogP contribution < -0.4 is 15.4 Å². The second-order valence-electron chi connectivity index (χ2n) is 6.42. The van der Waals surface area contributed by atoms with Gasteiger partial charge in [0.15, 0.2) is 11.5 Å². The van der Waals surface area contributed by atoms with Crippen molar-refractivity contribution < 1.29 is 24.5 Å². The standard InChI is InChI=1S/C17H15NO5.C5H11N/c1-23-15-8-6-11(10-14(15)19)7-9-16(20)18-13-5-3-2-4-12(13)17(21)22;1-2-4-6-5-3-1/h2-10,19H,1H3,(H,18,20)(H,21,22);6H,1-5H2. The van der Waals surface area contributed by atoms with Crippen molar-refractivity contribution in [3.8, 4) is 11.5 Å². The molecule has 1 aliphatic heterocycles. The zero-order valence-corrected chi connectivity index (χ0v) is 16.4. The minimum atomic E-state index is -1.12. The van der Waals surface area contributed by atoms with E-state index in [2.05, 4.69) is 10.6 Å². The smallest absolute Gasteiger partial charge is 0.337 e.